The molecule has 0 radical (unpaired) electrons. The Hall–Kier alpha value is -1.59. The fourth-order valence-electron chi connectivity index (χ4n) is 3.34. The first-order chi connectivity index (χ1) is 11.9. The van der Waals surface area contributed by atoms with Crippen LogP contribution in [0.1, 0.15) is 44.2 Å². The van der Waals surface area contributed by atoms with Gasteiger partial charge in [0.05, 0.1) is 12.6 Å². The van der Waals surface area contributed by atoms with Crippen molar-refractivity contribution in [2.75, 3.05) is 26.7 Å². The summed E-state index contributed by atoms with van der Waals surface area (Å²) in [6, 6.07) is 7.55. The van der Waals surface area contributed by atoms with Crippen molar-refractivity contribution in [1.82, 2.24) is 9.80 Å². The van der Waals surface area contributed by atoms with Gasteiger partial charge in [-0.05, 0) is 56.3 Å². The smallest absolute Gasteiger partial charge is 0.303 e. The monoisotopic (exact) mass is 366 g/mol. The number of carboxylic acid groups (broad SMARTS) is 1. The van der Waals surface area contributed by atoms with E-state index < -0.39 is 5.97 Å². The Kier molecular flexibility index (Phi) is 7.26. The molecule has 5 nitrogen and oxygen atoms in total. The lowest BCUT2D eigenvalue weighted by Crippen LogP contribution is -2.43. The highest BCUT2D eigenvalue weighted by Crippen LogP contribution is 2.23. The summed E-state index contributed by atoms with van der Waals surface area (Å²) in [7, 11) is 1.83. The summed E-state index contributed by atoms with van der Waals surface area (Å²) in [5.74, 6) is -0.289. The summed E-state index contributed by atoms with van der Waals surface area (Å²) >= 11 is 5.92. The maximum atomic E-state index is 12.6. The van der Waals surface area contributed by atoms with Crippen LogP contribution in [0.4, 0.5) is 0 Å². The van der Waals surface area contributed by atoms with Crippen molar-refractivity contribution >= 4 is 23.5 Å². The van der Waals surface area contributed by atoms with Crippen molar-refractivity contribution in [2.45, 2.75) is 38.6 Å². The van der Waals surface area contributed by atoms with Crippen LogP contribution in [0.3, 0.4) is 0 Å². The Bertz CT molecular complexity index is 591. The molecule has 2 atom stereocenters. The van der Waals surface area contributed by atoms with Gasteiger partial charge in [-0.1, -0.05) is 23.7 Å². The quantitative estimate of drug-likeness (QED) is 0.803. The number of aliphatic carboxylic acids is 1. The lowest BCUT2D eigenvalue weighted by Gasteiger charge is -2.34. The summed E-state index contributed by atoms with van der Waals surface area (Å²) in [5.41, 5.74) is 1.05. The van der Waals surface area contributed by atoms with Gasteiger partial charge >= 0.3 is 5.97 Å². The Morgan fingerprint density at radius 1 is 1.36 bits per heavy atom. The molecule has 2 rings (SSSR count). The molecule has 0 saturated carbocycles. The standard InChI is InChI=1S/C19H27ClN2O3/c1-14(16-6-8-17(20)9-7-16)21(2)18(23)13-22-11-3-4-15(12-22)5-10-19(24)25/h6-9,14-15H,3-5,10-13H2,1-2H3,(H,24,25). The molecule has 1 saturated heterocycles. The zero-order valence-corrected chi connectivity index (χ0v) is 15.7. The molecule has 6 heteroatoms. The molecule has 1 fully saturated rings. The van der Waals surface area contributed by atoms with E-state index in [1.54, 1.807) is 4.90 Å². The highest BCUT2D eigenvalue weighted by Gasteiger charge is 2.25. The van der Waals surface area contributed by atoms with Gasteiger partial charge in [-0.3, -0.25) is 14.5 Å². The second-order valence-corrected chi connectivity index (χ2v) is 7.34. The van der Waals surface area contributed by atoms with E-state index in [1.165, 1.54) is 0 Å². The Morgan fingerprint density at radius 2 is 2.04 bits per heavy atom. The van der Waals surface area contributed by atoms with Gasteiger partial charge in [0.15, 0.2) is 0 Å². The van der Waals surface area contributed by atoms with Crippen molar-refractivity contribution in [1.29, 1.82) is 0 Å². The number of benzene rings is 1. The predicted octanol–water partition coefficient (Wildman–Crippen LogP) is 3.44. The molecule has 0 aromatic heterocycles. The number of amides is 1. The molecule has 0 aliphatic carbocycles. The minimum absolute atomic E-state index is 0.0163. The maximum absolute atomic E-state index is 12.6. The summed E-state index contributed by atoms with van der Waals surface area (Å²) in [6.07, 6.45) is 2.97. The number of carboxylic acids is 1. The summed E-state index contributed by atoms with van der Waals surface area (Å²) in [5, 5.41) is 9.52. The molecule has 1 aromatic carbocycles. The number of carbonyl (C=O) groups excluding carboxylic acids is 1. The first-order valence-electron chi connectivity index (χ1n) is 8.82. The molecule has 1 amide bonds. The van der Waals surface area contributed by atoms with Gasteiger partial charge in [-0.2, -0.15) is 0 Å². The van der Waals surface area contributed by atoms with Crippen LogP contribution in [-0.4, -0.2) is 53.5 Å². The third-order valence-corrected chi connectivity index (χ3v) is 5.31. The van der Waals surface area contributed by atoms with Crippen LogP contribution in [0.25, 0.3) is 0 Å². The molecule has 0 spiro atoms. The summed E-state index contributed by atoms with van der Waals surface area (Å²) < 4.78 is 0. The van der Waals surface area contributed by atoms with Gasteiger partial charge < -0.3 is 10.0 Å². The molecule has 1 heterocycles. The Labute approximate surface area is 154 Å². The zero-order chi connectivity index (χ0) is 18.4. The van der Waals surface area contributed by atoms with Gasteiger partial charge in [-0.25, -0.2) is 0 Å². The van der Waals surface area contributed by atoms with Gasteiger partial charge in [0.1, 0.15) is 0 Å². The first-order valence-corrected chi connectivity index (χ1v) is 9.20. The fraction of sp³-hybridized carbons (Fsp3) is 0.579. The zero-order valence-electron chi connectivity index (χ0n) is 14.9. The summed E-state index contributed by atoms with van der Waals surface area (Å²) in [4.78, 5) is 27.3. The number of nitrogens with zero attached hydrogens (tertiary/aromatic N) is 2. The molecule has 0 bridgehead atoms. The van der Waals surface area contributed by atoms with Gasteiger partial charge in [0.25, 0.3) is 0 Å². The molecule has 138 valence electrons. The maximum Gasteiger partial charge on any atom is 0.303 e. The third-order valence-electron chi connectivity index (χ3n) is 5.06. The van der Waals surface area contributed by atoms with Crippen LogP contribution >= 0.6 is 11.6 Å². The summed E-state index contributed by atoms with van der Waals surface area (Å²) in [6.45, 7) is 4.10. The molecule has 1 N–H and O–H groups in total. The second-order valence-electron chi connectivity index (χ2n) is 6.91. The van der Waals surface area contributed by atoms with Crippen LogP contribution in [-0.2, 0) is 9.59 Å². The molecule has 2 unspecified atom stereocenters. The number of likely N-dealkylation sites (tertiary alicyclic amines) is 1. The number of rotatable bonds is 7. The lowest BCUT2D eigenvalue weighted by molar-refractivity contribution is -0.138. The molecule has 1 aromatic rings. The van der Waals surface area contributed by atoms with Crippen LogP contribution in [0.15, 0.2) is 24.3 Å². The highest BCUT2D eigenvalue weighted by molar-refractivity contribution is 6.30. The molecule has 1 aliphatic rings. The second kappa shape index (κ2) is 9.20. The van der Waals surface area contributed by atoms with Crippen LogP contribution in [0, 0.1) is 5.92 Å². The minimum Gasteiger partial charge on any atom is -0.481 e. The Balaban J connectivity index is 1.87. The van der Waals surface area contributed by atoms with E-state index in [1.807, 2.05) is 38.2 Å². The van der Waals surface area contributed by atoms with E-state index in [-0.39, 0.29) is 18.4 Å². The van der Waals surface area contributed by atoms with E-state index in [9.17, 15) is 9.59 Å². The van der Waals surface area contributed by atoms with Gasteiger partial charge in [0, 0.05) is 25.0 Å². The fourth-order valence-corrected chi connectivity index (χ4v) is 3.47. The largest absolute Gasteiger partial charge is 0.481 e. The van der Waals surface area contributed by atoms with Crippen LogP contribution < -0.4 is 0 Å². The van der Waals surface area contributed by atoms with Gasteiger partial charge in [0.2, 0.25) is 5.91 Å². The predicted molar refractivity (Wildman–Crippen MR) is 98.7 cm³/mol. The molecule has 25 heavy (non-hydrogen) atoms. The SMILES string of the molecule is CC(c1ccc(Cl)cc1)N(C)C(=O)CN1CCCC(CCC(=O)O)C1. The number of halogens is 1. The highest BCUT2D eigenvalue weighted by atomic mass is 35.5. The van der Waals surface area contributed by atoms with Crippen molar-refractivity contribution < 1.29 is 14.7 Å². The van der Waals surface area contributed by atoms with Crippen molar-refractivity contribution in [3.05, 3.63) is 34.9 Å². The molecular formula is C19H27ClN2O3. The first kappa shape index (κ1) is 19.7. The van der Waals surface area contributed by atoms with Crippen LogP contribution in [0.5, 0.6) is 0 Å². The Morgan fingerprint density at radius 3 is 2.68 bits per heavy atom. The van der Waals surface area contributed by atoms with E-state index in [0.29, 0.717) is 23.9 Å². The average Bonchev–Trinajstić information content (AvgIpc) is 2.59. The van der Waals surface area contributed by atoms with Crippen molar-refractivity contribution in [3.8, 4) is 0 Å². The lowest BCUT2D eigenvalue weighted by atomic mass is 9.93. The van der Waals surface area contributed by atoms with Crippen molar-refractivity contribution in [2.24, 2.45) is 5.92 Å². The molecular weight excluding hydrogens is 340 g/mol. The third kappa shape index (κ3) is 6.01. The minimum atomic E-state index is -0.746. The topological polar surface area (TPSA) is 60.9 Å². The number of carbonyl (C=O) groups is 2. The van der Waals surface area contributed by atoms with E-state index in [0.717, 1.165) is 31.5 Å². The number of likely N-dealkylation sites (N-methyl/N-ethyl adjacent to an activating group) is 1. The number of piperidine rings is 1. The number of hydrogen-bond acceptors (Lipinski definition) is 3. The van der Waals surface area contributed by atoms with E-state index in [4.69, 9.17) is 16.7 Å². The van der Waals surface area contributed by atoms with Crippen molar-refractivity contribution in [3.63, 3.8) is 0 Å². The normalized spacial score (nSPS) is 19.4. The average molecular weight is 367 g/mol. The van der Waals surface area contributed by atoms with E-state index >= 15 is 0 Å². The van der Waals surface area contributed by atoms with Gasteiger partial charge in [-0.15, -0.1) is 0 Å². The van der Waals surface area contributed by atoms with Crippen LogP contribution in [0.2, 0.25) is 5.02 Å². The number of hydrogen-bond donors (Lipinski definition) is 1. The van der Waals surface area contributed by atoms with E-state index in [2.05, 4.69) is 4.90 Å². The molecule has 1 aliphatic heterocycles.